The molecule has 1 aromatic rings. The summed E-state index contributed by atoms with van der Waals surface area (Å²) in [4.78, 5) is 6.73. The first kappa shape index (κ1) is 12.8. The third-order valence-electron chi connectivity index (χ3n) is 3.00. The second-order valence-electron chi connectivity index (χ2n) is 4.51. The van der Waals surface area contributed by atoms with E-state index in [4.69, 9.17) is 10.5 Å². The van der Waals surface area contributed by atoms with Crippen LogP contribution in [0.2, 0.25) is 0 Å². The Labute approximate surface area is 110 Å². The normalized spacial score (nSPS) is 22.6. The molecule has 0 spiro atoms. The third kappa shape index (κ3) is 2.97. The Morgan fingerprint density at radius 2 is 2.41 bits per heavy atom. The van der Waals surface area contributed by atoms with E-state index in [-0.39, 0.29) is 12.1 Å². The van der Waals surface area contributed by atoms with Crippen LogP contribution in [0.15, 0.2) is 16.7 Å². The van der Waals surface area contributed by atoms with E-state index < -0.39 is 0 Å². The number of aromatic nitrogens is 1. The topological polar surface area (TPSA) is 51.4 Å². The summed E-state index contributed by atoms with van der Waals surface area (Å²) < 4.78 is 6.66. The minimum Gasteiger partial charge on any atom is -0.373 e. The molecule has 0 radical (unpaired) electrons. The van der Waals surface area contributed by atoms with E-state index in [1.165, 1.54) is 5.56 Å². The molecule has 17 heavy (non-hydrogen) atoms. The van der Waals surface area contributed by atoms with Gasteiger partial charge in [-0.05, 0) is 41.4 Å². The van der Waals surface area contributed by atoms with Gasteiger partial charge in [0.15, 0.2) is 0 Å². The summed E-state index contributed by atoms with van der Waals surface area (Å²) in [5.41, 5.74) is 7.06. The van der Waals surface area contributed by atoms with E-state index in [0.29, 0.717) is 6.61 Å². The Morgan fingerprint density at radius 3 is 3.06 bits per heavy atom. The van der Waals surface area contributed by atoms with E-state index in [1.54, 1.807) is 0 Å². The molecular formula is C12H18BrN3O. The maximum absolute atomic E-state index is 5.89. The third-order valence-corrected chi connectivity index (χ3v) is 3.43. The van der Waals surface area contributed by atoms with Crippen LogP contribution in [-0.2, 0) is 4.74 Å². The molecule has 0 saturated carbocycles. The first-order valence-electron chi connectivity index (χ1n) is 5.82. The molecule has 1 aliphatic heterocycles. The van der Waals surface area contributed by atoms with Crippen molar-refractivity contribution >= 4 is 21.7 Å². The number of hydrogen-bond acceptors (Lipinski definition) is 4. The highest BCUT2D eigenvalue weighted by Gasteiger charge is 2.24. The van der Waals surface area contributed by atoms with Crippen LogP contribution in [0.3, 0.4) is 0 Å². The zero-order valence-electron chi connectivity index (χ0n) is 10.2. The van der Waals surface area contributed by atoms with E-state index in [1.807, 2.05) is 13.1 Å². The van der Waals surface area contributed by atoms with Crippen LogP contribution in [0.5, 0.6) is 0 Å². The van der Waals surface area contributed by atoms with Gasteiger partial charge in [-0.2, -0.15) is 0 Å². The first-order chi connectivity index (χ1) is 8.08. The van der Waals surface area contributed by atoms with Crippen LogP contribution in [0, 0.1) is 6.92 Å². The Kier molecular flexibility index (Phi) is 4.01. The number of nitrogens with zero attached hydrogens (tertiary/aromatic N) is 2. The summed E-state index contributed by atoms with van der Waals surface area (Å²) >= 11 is 3.43. The molecule has 2 N–H and O–H groups in total. The summed E-state index contributed by atoms with van der Waals surface area (Å²) in [6.07, 6.45) is 1.92. The van der Waals surface area contributed by atoms with Gasteiger partial charge in [0.1, 0.15) is 5.82 Å². The fraction of sp³-hybridized carbons (Fsp3) is 0.583. The Bertz CT molecular complexity index is 397. The van der Waals surface area contributed by atoms with Crippen molar-refractivity contribution in [2.45, 2.75) is 26.0 Å². The average Bonchev–Trinajstić information content (AvgIpc) is 2.29. The Hall–Kier alpha value is -0.650. The summed E-state index contributed by atoms with van der Waals surface area (Å²) in [5.74, 6) is 1.03. The van der Waals surface area contributed by atoms with Gasteiger partial charge in [0, 0.05) is 29.8 Å². The molecule has 1 saturated heterocycles. The standard InChI is InChI=1S/C12H18BrN3O/c1-8-5-10(13)6-15-12(8)16-3-4-17-11(7-16)9(2)14/h5-6,9,11H,3-4,7,14H2,1-2H3. The smallest absolute Gasteiger partial charge is 0.131 e. The van der Waals surface area contributed by atoms with Gasteiger partial charge in [0.2, 0.25) is 0 Å². The predicted molar refractivity (Wildman–Crippen MR) is 72.3 cm³/mol. The fourth-order valence-electron chi connectivity index (χ4n) is 2.05. The van der Waals surface area contributed by atoms with Crippen LogP contribution in [0.25, 0.3) is 0 Å². The van der Waals surface area contributed by atoms with Crippen molar-refractivity contribution in [2.75, 3.05) is 24.6 Å². The fourth-order valence-corrected chi connectivity index (χ4v) is 2.50. The van der Waals surface area contributed by atoms with Gasteiger partial charge < -0.3 is 15.4 Å². The van der Waals surface area contributed by atoms with Crippen LogP contribution in [0.1, 0.15) is 12.5 Å². The Morgan fingerprint density at radius 1 is 1.65 bits per heavy atom. The van der Waals surface area contributed by atoms with E-state index >= 15 is 0 Å². The minimum atomic E-state index is 0.0496. The largest absolute Gasteiger partial charge is 0.373 e. The van der Waals surface area contributed by atoms with Gasteiger partial charge in [-0.15, -0.1) is 0 Å². The molecule has 2 unspecified atom stereocenters. The number of pyridine rings is 1. The van der Waals surface area contributed by atoms with Crippen molar-refractivity contribution in [3.05, 3.63) is 22.3 Å². The lowest BCUT2D eigenvalue weighted by molar-refractivity contribution is 0.0273. The molecule has 1 fully saturated rings. The summed E-state index contributed by atoms with van der Waals surface area (Å²) in [7, 11) is 0. The monoisotopic (exact) mass is 299 g/mol. The maximum atomic E-state index is 5.89. The van der Waals surface area contributed by atoms with Crippen LogP contribution >= 0.6 is 15.9 Å². The van der Waals surface area contributed by atoms with E-state index in [2.05, 4.69) is 38.8 Å². The highest BCUT2D eigenvalue weighted by Crippen LogP contribution is 2.22. The SMILES string of the molecule is Cc1cc(Br)cnc1N1CCOC(C(C)N)C1. The first-order valence-corrected chi connectivity index (χ1v) is 6.61. The maximum Gasteiger partial charge on any atom is 0.131 e. The number of rotatable bonds is 2. The highest BCUT2D eigenvalue weighted by atomic mass is 79.9. The van der Waals surface area contributed by atoms with Crippen molar-refractivity contribution in [1.29, 1.82) is 0 Å². The molecule has 0 aliphatic carbocycles. The summed E-state index contributed by atoms with van der Waals surface area (Å²) in [6.45, 7) is 6.45. The molecule has 5 heteroatoms. The van der Waals surface area contributed by atoms with Crippen molar-refractivity contribution in [2.24, 2.45) is 5.73 Å². The van der Waals surface area contributed by atoms with Crippen LogP contribution in [0.4, 0.5) is 5.82 Å². The van der Waals surface area contributed by atoms with Gasteiger partial charge in [-0.3, -0.25) is 0 Å². The molecule has 0 aromatic carbocycles. The molecule has 1 aliphatic rings. The van der Waals surface area contributed by atoms with Gasteiger partial charge in [0.25, 0.3) is 0 Å². The number of halogens is 1. The average molecular weight is 300 g/mol. The van der Waals surface area contributed by atoms with Gasteiger partial charge in [-0.1, -0.05) is 0 Å². The second kappa shape index (κ2) is 5.33. The van der Waals surface area contributed by atoms with Crippen molar-refractivity contribution in [3.63, 3.8) is 0 Å². The quantitative estimate of drug-likeness (QED) is 0.903. The molecule has 94 valence electrons. The number of aryl methyl sites for hydroxylation is 1. The predicted octanol–water partition coefficient (Wildman–Crippen LogP) is 1.70. The lowest BCUT2D eigenvalue weighted by atomic mass is 10.1. The van der Waals surface area contributed by atoms with Crippen molar-refractivity contribution < 1.29 is 4.74 Å². The lowest BCUT2D eigenvalue weighted by Crippen LogP contribution is -2.50. The molecule has 2 heterocycles. The lowest BCUT2D eigenvalue weighted by Gasteiger charge is -2.36. The Balaban J connectivity index is 2.16. The van der Waals surface area contributed by atoms with Crippen LogP contribution in [-0.4, -0.2) is 36.8 Å². The number of morpholine rings is 1. The molecule has 0 bridgehead atoms. The van der Waals surface area contributed by atoms with Crippen molar-refractivity contribution in [1.82, 2.24) is 4.98 Å². The number of nitrogens with two attached hydrogens (primary N) is 1. The highest BCUT2D eigenvalue weighted by molar-refractivity contribution is 9.10. The molecule has 2 atom stereocenters. The summed E-state index contributed by atoms with van der Waals surface area (Å²) in [6, 6.07) is 2.13. The summed E-state index contributed by atoms with van der Waals surface area (Å²) in [5, 5.41) is 0. The van der Waals surface area contributed by atoms with Crippen molar-refractivity contribution in [3.8, 4) is 0 Å². The molecule has 4 nitrogen and oxygen atoms in total. The van der Waals surface area contributed by atoms with Gasteiger partial charge in [0.05, 0.1) is 12.7 Å². The molecule has 0 amide bonds. The number of ether oxygens (including phenoxy) is 1. The second-order valence-corrected chi connectivity index (χ2v) is 5.42. The molecular weight excluding hydrogens is 282 g/mol. The van der Waals surface area contributed by atoms with E-state index in [0.717, 1.165) is 23.4 Å². The number of anilines is 1. The zero-order chi connectivity index (χ0) is 12.4. The zero-order valence-corrected chi connectivity index (χ0v) is 11.8. The molecule has 1 aromatic heterocycles. The molecule has 2 rings (SSSR count). The number of hydrogen-bond donors (Lipinski definition) is 1. The van der Waals surface area contributed by atoms with Gasteiger partial charge >= 0.3 is 0 Å². The van der Waals surface area contributed by atoms with E-state index in [9.17, 15) is 0 Å². The van der Waals surface area contributed by atoms with Gasteiger partial charge in [-0.25, -0.2) is 4.98 Å². The van der Waals surface area contributed by atoms with Crippen LogP contribution < -0.4 is 10.6 Å². The minimum absolute atomic E-state index is 0.0496.